The van der Waals surface area contributed by atoms with E-state index >= 15 is 0 Å². The van der Waals surface area contributed by atoms with E-state index in [1.54, 1.807) is 34.8 Å². The van der Waals surface area contributed by atoms with Gasteiger partial charge < -0.3 is 0 Å². The van der Waals surface area contributed by atoms with E-state index in [-0.39, 0.29) is 10.8 Å². The van der Waals surface area contributed by atoms with Gasteiger partial charge in [-0.25, -0.2) is 8.42 Å². The largest absolute Gasteiger partial charge is 0.296 e. The molecule has 1 amide bonds. The van der Waals surface area contributed by atoms with Gasteiger partial charge in [0.05, 0.1) is 10.6 Å². The van der Waals surface area contributed by atoms with Gasteiger partial charge in [0, 0.05) is 19.7 Å². The van der Waals surface area contributed by atoms with Crippen LogP contribution in [0.15, 0.2) is 53.4 Å². The van der Waals surface area contributed by atoms with Gasteiger partial charge in [-0.2, -0.15) is 9.82 Å². The maximum atomic E-state index is 13.0. The van der Waals surface area contributed by atoms with Crippen molar-refractivity contribution in [1.82, 2.24) is 14.5 Å². The van der Waals surface area contributed by atoms with Crippen molar-refractivity contribution in [3.8, 4) is 0 Å². The van der Waals surface area contributed by atoms with Crippen LogP contribution in [0.4, 0.5) is 5.82 Å². The first-order valence-electron chi connectivity index (χ1n) is 9.18. The monoisotopic (exact) mass is 398 g/mol. The summed E-state index contributed by atoms with van der Waals surface area (Å²) >= 11 is 0. The topological polar surface area (TPSA) is 84.3 Å². The fourth-order valence-electron chi connectivity index (χ4n) is 3.65. The zero-order chi connectivity index (χ0) is 19.9. The number of hydrogen-bond donors (Lipinski definition) is 1. The maximum absolute atomic E-state index is 13.0. The molecule has 1 N–H and O–H groups in total. The highest BCUT2D eigenvalue weighted by Crippen LogP contribution is 2.24. The molecule has 0 bridgehead atoms. The van der Waals surface area contributed by atoms with E-state index in [0.717, 1.165) is 16.5 Å². The van der Waals surface area contributed by atoms with Gasteiger partial charge in [-0.05, 0) is 42.7 Å². The molecule has 1 atom stereocenters. The van der Waals surface area contributed by atoms with E-state index < -0.39 is 16.1 Å². The normalized spacial score (nSPS) is 18.0. The lowest BCUT2D eigenvalue weighted by molar-refractivity contribution is -0.121. The summed E-state index contributed by atoms with van der Waals surface area (Å²) in [6.45, 7) is 2.41. The van der Waals surface area contributed by atoms with Crippen molar-refractivity contribution in [2.45, 2.75) is 30.7 Å². The SMILES string of the molecule is Cc1cc(N2CCC[C@H](NS(=O)(=O)c3ccc4ccccc4c3)C2=O)n(C)n1. The summed E-state index contributed by atoms with van der Waals surface area (Å²) in [6, 6.07) is 13.6. The molecular weight excluding hydrogens is 376 g/mol. The van der Waals surface area contributed by atoms with E-state index in [1.165, 1.54) is 0 Å². The van der Waals surface area contributed by atoms with E-state index in [2.05, 4.69) is 9.82 Å². The number of aryl methyl sites for hydroxylation is 2. The summed E-state index contributed by atoms with van der Waals surface area (Å²) in [6.07, 6.45) is 1.18. The van der Waals surface area contributed by atoms with Crippen molar-refractivity contribution in [2.75, 3.05) is 11.4 Å². The van der Waals surface area contributed by atoms with Crippen molar-refractivity contribution in [3.05, 3.63) is 54.2 Å². The van der Waals surface area contributed by atoms with Crippen molar-refractivity contribution < 1.29 is 13.2 Å². The molecule has 1 aliphatic heterocycles. The van der Waals surface area contributed by atoms with Gasteiger partial charge in [-0.3, -0.25) is 14.4 Å². The third kappa shape index (κ3) is 3.41. The third-order valence-electron chi connectivity index (χ3n) is 5.02. The lowest BCUT2D eigenvalue weighted by Gasteiger charge is -2.32. The van der Waals surface area contributed by atoms with Gasteiger partial charge >= 0.3 is 0 Å². The summed E-state index contributed by atoms with van der Waals surface area (Å²) < 4.78 is 30.1. The molecule has 0 spiro atoms. The number of carbonyl (C=O) groups is 1. The Kier molecular flexibility index (Phi) is 4.68. The molecule has 1 saturated heterocycles. The first kappa shape index (κ1) is 18.6. The maximum Gasteiger partial charge on any atom is 0.246 e. The zero-order valence-electron chi connectivity index (χ0n) is 15.8. The van der Waals surface area contributed by atoms with Crippen molar-refractivity contribution in [2.24, 2.45) is 7.05 Å². The highest BCUT2D eigenvalue weighted by atomic mass is 32.2. The Hall–Kier alpha value is -2.71. The fraction of sp³-hybridized carbons (Fsp3) is 0.300. The minimum atomic E-state index is -3.81. The van der Waals surface area contributed by atoms with Crippen LogP contribution in [0.2, 0.25) is 0 Å². The molecule has 1 aliphatic rings. The molecule has 0 unspecified atom stereocenters. The number of sulfonamides is 1. The molecule has 1 fully saturated rings. The molecule has 1 aromatic heterocycles. The summed E-state index contributed by atoms with van der Waals surface area (Å²) in [5, 5.41) is 6.09. The molecule has 8 heteroatoms. The van der Waals surface area contributed by atoms with Gasteiger partial charge in [0.2, 0.25) is 15.9 Å². The lowest BCUT2D eigenvalue weighted by atomic mass is 10.1. The second kappa shape index (κ2) is 7.03. The molecule has 2 heterocycles. The molecule has 4 rings (SSSR count). The fourth-order valence-corrected chi connectivity index (χ4v) is 4.91. The van der Waals surface area contributed by atoms with E-state index in [4.69, 9.17) is 0 Å². The number of anilines is 1. The number of carbonyl (C=O) groups excluding carboxylic acids is 1. The number of nitrogens with zero attached hydrogens (tertiary/aromatic N) is 3. The average molecular weight is 398 g/mol. The van der Waals surface area contributed by atoms with Gasteiger partial charge in [0.1, 0.15) is 11.9 Å². The summed E-state index contributed by atoms with van der Waals surface area (Å²) in [5.41, 5.74) is 0.809. The number of hydrogen-bond acceptors (Lipinski definition) is 4. The quantitative estimate of drug-likeness (QED) is 0.731. The first-order chi connectivity index (χ1) is 13.3. The Labute approximate surface area is 164 Å². The number of benzene rings is 2. The Morgan fingerprint density at radius 2 is 1.86 bits per heavy atom. The molecule has 28 heavy (non-hydrogen) atoms. The summed E-state index contributed by atoms with van der Waals surface area (Å²) in [5.74, 6) is 0.427. The third-order valence-corrected chi connectivity index (χ3v) is 6.49. The Bertz CT molecular complexity index is 1150. The average Bonchev–Trinajstić information content (AvgIpc) is 3.01. The first-order valence-corrected chi connectivity index (χ1v) is 10.7. The van der Waals surface area contributed by atoms with Crippen LogP contribution in [0, 0.1) is 6.92 Å². The van der Waals surface area contributed by atoms with Gasteiger partial charge in [0.15, 0.2) is 0 Å². The zero-order valence-corrected chi connectivity index (χ0v) is 16.6. The Morgan fingerprint density at radius 1 is 1.11 bits per heavy atom. The van der Waals surface area contributed by atoms with E-state index in [1.807, 2.05) is 37.3 Å². The molecule has 7 nitrogen and oxygen atoms in total. The van der Waals surface area contributed by atoms with Crippen LogP contribution in [-0.4, -0.2) is 36.7 Å². The minimum Gasteiger partial charge on any atom is -0.296 e. The van der Waals surface area contributed by atoms with Gasteiger partial charge in [-0.1, -0.05) is 30.3 Å². The molecular formula is C20H22N4O3S. The predicted molar refractivity (Wildman–Crippen MR) is 108 cm³/mol. The van der Waals surface area contributed by atoms with Crippen molar-refractivity contribution in [3.63, 3.8) is 0 Å². The molecule has 0 radical (unpaired) electrons. The van der Waals surface area contributed by atoms with Crippen LogP contribution in [0.25, 0.3) is 10.8 Å². The van der Waals surface area contributed by atoms with Crippen LogP contribution in [0.3, 0.4) is 0 Å². The minimum absolute atomic E-state index is 0.160. The predicted octanol–water partition coefficient (Wildman–Crippen LogP) is 2.36. The molecule has 0 saturated carbocycles. The van der Waals surface area contributed by atoms with Crippen LogP contribution < -0.4 is 9.62 Å². The second-order valence-corrected chi connectivity index (χ2v) is 8.80. The highest BCUT2D eigenvalue weighted by molar-refractivity contribution is 7.89. The summed E-state index contributed by atoms with van der Waals surface area (Å²) in [7, 11) is -2.04. The molecule has 146 valence electrons. The number of amides is 1. The van der Waals surface area contributed by atoms with E-state index in [0.29, 0.717) is 25.2 Å². The van der Waals surface area contributed by atoms with Crippen molar-refractivity contribution in [1.29, 1.82) is 0 Å². The Balaban J connectivity index is 1.59. The lowest BCUT2D eigenvalue weighted by Crippen LogP contribution is -2.52. The van der Waals surface area contributed by atoms with Crippen LogP contribution in [-0.2, 0) is 21.9 Å². The van der Waals surface area contributed by atoms with Gasteiger partial charge in [0.25, 0.3) is 0 Å². The number of aromatic nitrogens is 2. The Morgan fingerprint density at radius 3 is 2.57 bits per heavy atom. The highest BCUT2D eigenvalue weighted by Gasteiger charge is 2.34. The molecule has 2 aromatic carbocycles. The van der Waals surface area contributed by atoms with Gasteiger partial charge in [-0.15, -0.1) is 0 Å². The van der Waals surface area contributed by atoms with Crippen LogP contribution >= 0.6 is 0 Å². The van der Waals surface area contributed by atoms with E-state index in [9.17, 15) is 13.2 Å². The smallest absolute Gasteiger partial charge is 0.246 e. The molecule has 3 aromatic rings. The van der Waals surface area contributed by atoms with Crippen LogP contribution in [0.5, 0.6) is 0 Å². The summed E-state index contributed by atoms with van der Waals surface area (Å²) in [4.78, 5) is 14.7. The van der Waals surface area contributed by atoms with Crippen molar-refractivity contribution >= 4 is 32.5 Å². The number of piperidine rings is 1. The molecule has 0 aliphatic carbocycles. The number of fused-ring (bicyclic) bond motifs is 1. The number of nitrogens with one attached hydrogen (secondary N) is 1. The standard InChI is InChI=1S/C20H22N4O3S/c1-14-12-19(23(2)21-14)24-11-5-8-18(20(24)25)22-28(26,27)17-10-9-15-6-3-4-7-16(15)13-17/h3-4,6-7,9-10,12-13,18,22H,5,8,11H2,1-2H3/t18-/m0/s1. The number of rotatable bonds is 4. The second-order valence-electron chi connectivity index (χ2n) is 7.08. The van der Waals surface area contributed by atoms with Crippen LogP contribution in [0.1, 0.15) is 18.5 Å².